The Balaban J connectivity index is 1.89. The van der Waals surface area contributed by atoms with Gasteiger partial charge in [-0.15, -0.1) is 0 Å². The first kappa shape index (κ1) is 15.7. The summed E-state index contributed by atoms with van der Waals surface area (Å²) in [6, 6.07) is 18.1. The largest absolute Gasteiger partial charge is 0.507 e. The Morgan fingerprint density at radius 3 is 2.48 bits per heavy atom. The molecule has 4 heteroatoms. The van der Waals surface area contributed by atoms with E-state index in [9.17, 15) is 15.0 Å². The summed E-state index contributed by atoms with van der Waals surface area (Å²) in [6.45, 7) is 1.99. The number of fused-ring (bicyclic) bond motifs is 4. The first-order valence-corrected chi connectivity index (χ1v) is 8.79. The Morgan fingerprint density at radius 2 is 1.67 bits per heavy atom. The van der Waals surface area contributed by atoms with Gasteiger partial charge in [-0.05, 0) is 41.8 Å². The van der Waals surface area contributed by atoms with Crippen LogP contribution in [0, 0.1) is 6.92 Å². The van der Waals surface area contributed by atoms with Gasteiger partial charge in [-0.25, -0.2) is 0 Å². The number of phenolic OH excluding ortho intramolecular Hbond substituents is 2. The molecule has 3 aromatic rings. The number of rotatable bonds is 1. The summed E-state index contributed by atoms with van der Waals surface area (Å²) in [4.78, 5) is 13.2. The molecule has 0 saturated carbocycles. The molecule has 132 valence electrons. The number of para-hydroxylation sites is 1. The molecule has 2 aliphatic rings. The van der Waals surface area contributed by atoms with Gasteiger partial charge in [0.2, 0.25) is 5.91 Å². The van der Waals surface area contributed by atoms with E-state index in [1.54, 1.807) is 30.3 Å². The van der Waals surface area contributed by atoms with Gasteiger partial charge in [-0.1, -0.05) is 54.1 Å². The lowest BCUT2D eigenvalue weighted by Gasteiger charge is -2.22. The van der Waals surface area contributed by atoms with Gasteiger partial charge in [0.1, 0.15) is 16.9 Å². The highest BCUT2D eigenvalue weighted by atomic mass is 16.3. The van der Waals surface area contributed by atoms with E-state index in [1.807, 2.05) is 43.3 Å². The van der Waals surface area contributed by atoms with Crippen molar-refractivity contribution in [2.24, 2.45) is 0 Å². The Morgan fingerprint density at radius 1 is 0.889 bits per heavy atom. The van der Waals surface area contributed by atoms with Crippen LogP contribution in [0.5, 0.6) is 11.5 Å². The quantitative estimate of drug-likeness (QED) is 0.616. The number of benzene rings is 3. The first-order valence-electron chi connectivity index (χ1n) is 8.79. The molecule has 27 heavy (non-hydrogen) atoms. The van der Waals surface area contributed by atoms with Crippen LogP contribution in [0.4, 0.5) is 5.69 Å². The predicted octanol–water partition coefficient (Wildman–Crippen LogP) is 4.09. The Kier molecular flexibility index (Phi) is 3.05. The molecule has 0 radical (unpaired) electrons. The van der Waals surface area contributed by atoms with Gasteiger partial charge in [0.15, 0.2) is 0 Å². The number of hydrogen-bond donors (Lipinski definition) is 3. The molecule has 1 aliphatic carbocycles. The maximum absolute atomic E-state index is 13.2. The standard InChI is InChI=1S/C23H17NO3/c1-13-9-10-18-17(11-13)23(22(27)24-18)12-15(14-5-2-3-7-19(14)25)21-16(23)6-4-8-20(21)26/h2-12,25-26H,1H3,(H,24,27). The van der Waals surface area contributed by atoms with Crippen molar-refractivity contribution in [3.8, 4) is 11.5 Å². The van der Waals surface area contributed by atoms with E-state index in [-0.39, 0.29) is 17.4 Å². The summed E-state index contributed by atoms with van der Waals surface area (Å²) in [5, 5.41) is 24.0. The second-order valence-electron chi connectivity index (χ2n) is 7.09. The predicted molar refractivity (Wildman–Crippen MR) is 104 cm³/mol. The number of phenols is 2. The van der Waals surface area contributed by atoms with Crippen LogP contribution in [0.15, 0.2) is 66.7 Å². The van der Waals surface area contributed by atoms with Crippen molar-refractivity contribution in [1.29, 1.82) is 0 Å². The van der Waals surface area contributed by atoms with Crippen LogP contribution in [0.2, 0.25) is 0 Å². The average Bonchev–Trinajstić information content (AvgIpc) is 3.14. The number of hydrogen-bond acceptors (Lipinski definition) is 3. The van der Waals surface area contributed by atoms with Gasteiger partial charge < -0.3 is 15.5 Å². The lowest BCUT2D eigenvalue weighted by Crippen LogP contribution is -2.32. The summed E-state index contributed by atoms with van der Waals surface area (Å²) in [6.07, 6.45) is 1.87. The van der Waals surface area contributed by atoms with E-state index in [1.165, 1.54) is 0 Å². The van der Waals surface area contributed by atoms with Crippen LogP contribution in [0.25, 0.3) is 5.57 Å². The third kappa shape index (κ3) is 1.95. The Bertz CT molecular complexity index is 1160. The van der Waals surface area contributed by atoms with Crippen molar-refractivity contribution >= 4 is 17.2 Å². The summed E-state index contributed by atoms with van der Waals surface area (Å²) in [5.74, 6) is 0.0472. The topological polar surface area (TPSA) is 69.6 Å². The molecule has 1 atom stereocenters. The van der Waals surface area contributed by atoms with Crippen molar-refractivity contribution in [3.05, 3.63) is 94.6 Å². The third-order valence-corrected chi connectivity index (χ3v) is 5.50. The van der Waals surface area contributed by atoms with E-state index in [0.717, 1.165) is 22.4 Å². The maximum Gasteiger partial charge on any atom is 0.243 e. The molecule has 1 amide bonds. The molecule has 1 aliphatic heterocycles. The van der Waals surface area contributed by atoms with Gasteiger partial charge in [0, 0.05) is 16.8 Å². The zero-order valence-electron chi connectivity index (χ0n) is 14.7. The zero-order valence-corrected chi connectivity index (χ0v) is 14.7. The highest BCUT2D eigenvalue weighted by Crippen LogP contribution is 2.55. The minimum atomic E-state index is -1.02. The molecule has 3 aromatic carbocycles. The SMILES string of the molecule is Cc1ccc2c(c1)C1(C=C(c3ccccc3O)c3c(O)cccc31)C(=O)N2. The fourth-order valence-corrected chi connectivity index (χ4v) is 4.28. The molecule has 4 nitrogen and oxygen atoms in total. The minimum Gasteiger partial charge on any atom is -0.507 e. The summed E-state index contributed by atoms with van der Waals surface area (Å²) >= 11 is 0. The molecular formula is C23H17NO3. The van der Waals surface area contributed by atoms with Crippen molar-refractivity contribution in [2.75, 3.05) is 5.32 Å². The molecule has 0 bridgehead atoms. The molecule has 0 fully saturated rings. The molecule has 3 N–H and O–H groups in total. The first-order chi connectivity index (χ1) is 13.0. The number of amides is 1. The van der Waals surface area contributed by atoms with Crippen LogP contribution in [-0.2, 0) is 10.2 Å². The van der Waals surface area contributed by atoms with Crippen LogP contribution >= 0.6 is 0 Å². The van der Waals surface area contributed by atoms with Crippen molar-refractivity contribution in [2.45, 2.75) is 12.3 Å². The average molecular weight is 355 g/mol. The number of nitrogens with one attached hydrogen (secondary N) is 1. The second kappa shape index (κ2) is 5.24. The maximum atomic E-state index is 13.2. The lowest BCUT2D eigenvalue weighted by atomic mass is 9.77. The Hall–Kier alpha value is -3.53. The molecule has 1 spiro atoms. The molecular weight excluding hydrogens is 338 g/mol. The minimum absolute atomic E-state index is 0.0905. The molecule has 1 heterocycles. The van der Waals surface area contributed by atoms with E-state index < -0.39 is 5.41 Å². The van der Waals surface area contributed by atoms with Crippen molar-refractivity contribution < 1.29 is 15.0 Å². The number of anilines is 1. The van der Waals surface area contributed by atoms with Gasteiger partial charge in [0.25, 0.3) is 0 Å². The molecule has 0 aromatic heterocycles. The number of aromatic hydroxyl groups is 2. The number of carbonyl (C=O) groups is 1. The summed E-state index contributed by atoms with van der Waals surface area (Å²) in [7, 11) is 0. The molecule has 0 saturated heterocycles. The van der Waals surface area contributed by atoms with Crippen molar-refractivity contribution in [3.63, 3.8) is 0 Å². The van der Waals surface area contributed by atoms with Gasteiger partial charge in [-0.3, -0.25) is 4.79 Å². The number of aryl methyl sites for hydroxylation is 1. The Labute approximate surface area is 156 Å². The zero-order chi connectivity index (χ0) is 18.8. The smallest absolute Gasteiger partial charge is 0.243 e. The highest BCUT2D eigenvalue weighted by molar-refractivity contribution is 6.15. The van der Waals surface area contributed by atoms with Gasteiger partial charge in [-0.2, -0.15) is 0 Å². The highest BCUT2D eigenvalue weighted by Gasteiger charge is 2.52. The molecule has 5 rings (SSSR count). The van der Waals surface area contributed by atoms with Crippen LogP contribution < -0.4 is 5.32 Å². The third-order valence-electron chi connectivity index (χ3n) is 5.50. The van der Waals surface area contributed by atoms with Crippen LogP contribution in [0.3, 0.4) is 0 Å². The van der Waals surface area contributed by atoms with E-state index in [4.69, 9.17) is 0 Å². The van der Waals surface area contributed by atoms with E-state index >= 15 is 0 Å². The van der Waals surface area contributed by atoms with Crippen LogP contribution in [-0.4, -0.2) is 16.1 Å². The second-order valence-corrected chi connectivity index (χ2v) is 7.09. The summed E-state index contributed by atoms with van der Waals surface area (Å²) < 4.78 is 0. The normalized spacial score (nSPS) is 19.6. The lowest BCUT2D eigenvalue weighted by molar-refractivity contribution is -0.118. The van der Waals surface area contributed by atoms with E-state index in [0.29, 0.717) is 16.7 Å². The van der Waals surface area contributed by atoms with Gasteiger partial charge in [0.05, 0.1) is 0 Å². The van der Waals surface area contributed by atoms with E-state index in [2.05, 4.69) is 5.32 Å². The van der Waals surface area contributed by atoms with Crippen molar-refractivity contribution in [1.82, 2.24) is 0 Å². The monoisotopic (exact) mass is 355 g/mol. The number of carbonyl (C=O) groups excluding carboxylic acids is 1. The fraction of sp³-hybridized carbons (Fsp3) is 0.0870. The fourth-order valence-electron chi connectivity index (χ4n) is 4.28. The van der Waals surface area contributed by atoms with Gasteiger partial charge >= 0.3 is 0 Å². The molecule has 1 unspecified atom stereocenters. The van der Waals surface area contributed by atoms with Crippen LogP contribution in [0.1, 0.15) is 27.8 Å². The summed E-state index contributed by atoms with van der Waals surface area (Å²) in [5.41, 5.74) is 4.23.